The lowest BCUT2D eigenvalue weighted by atomic mass is 9.94. The van der Waals surface area contributed by atoms with Crippen molar-refractivity contribution in [1.29, 1.82) is 0 Å². The molecule has 2 aromatic heterocycles. The van der Waals surface area contributed by atoms with Crippen LogP contribution in [0.3, 0.4) is 0 Å². The van der Waals surface area contributed by atoms with Crippen molar-refractivity contribution in [2.24, 2.45) is 5.92 Å². The Labute approximate surface area is 282 Å². The van der Waals surface area contributed by atoms with E-state index in [2.05, 4.69) is 14.9 Å². The van der Waals surface area contributed by atoms with Crippen molar-refractivity contribution >= 4 is 35.1 Å². The molecule has 260 valence electrons. The minimum atomic E-state index is -4.66. The van der Waals surface area contributed by atoms with Gasteiger partial charge in [0.05, 0.1) is 35.8 Å². The molecule has 3 aromatic rings. The van der Waals surface area contributed by atoms with Crippen molar-refractivity contribution in [3.8, 4) is 0 Å². The number of likely N-dealkylation sites (N-methyl/N-ethyl adjacent to an activating group) is 1. The van der Waals surface area contributed by atoms with Crippen LogP contribution >= 0.6 is 0 Å². The number of carbonyl (C=O) groups is 3. The van der Waals surface area contributed by atoms with Gasteiger partial charge in [-0.2, -0.15) is 13.2 Å². The highest BCUT2D eigenvalue weighted by atomic mass is 19.4. The van der Waals surface area contributed by atoms with Crippen LogP contribution in [0.25, 0.3) is 0 Å². The predicted octanol–water partition coefficient (Wildman–Crippen LogP) is 5.30. The number of fused-ring (bicyclic) bond motifs is 3. The highest BCUT2D eigenvalue weighted by molar-refractivity contribution is 6.10. The third-order valence-corrected chi connectivity index (χ3v) is 9.14. The van der Waals surface area contributed by atoms with Crippen LogP contribution in [0.4, 0.5) is 35.2 Å². The largest absolute Gasteiger partial charge is 0.444 e. The van der Waals surface area contributed by atoms with Crippen LogP contribution in [-0.4, -0.2) is 69.7 Å². The Kier molecular flexibility index (Phi) is 8.58. The summed E-state index contributed by atoms with van der Waals surface area (Å²) in [5.41, 5.74) is 2.79. The number of carbonyl (C=O) groups excluding carboxylic acids is 3. The molecule has 14 heteroatoms. The number of rotatable bonds is 4. The van der Waals surface area contributed by atoms with E-state index in [9.17, 15) is 32.7 Å². The fraction of sp³-hybridized carbons (Fsp3) is 0.457. The number of alkyl halides is 3. The average molecular weight is 681 g/mol. The first-order chi connectivity index (χ1) is 23.0. The molecule has 3 atom stereocenters. The Hall–Kier alpha value is -4.72. The first-order valence-electron chi connectivity index (χ1n) is 16.0. The monoisotopic (exact) mass is 680 g/mol. The molecule has 1 saturated heterocycles. The van der Waals surface area contributed by atoms with Gasteiger partial charge in [0.15, 0.2) is 0 Å². The van der Waals surface area contributed by atoms with Crippen molar-refractivity contribution in [2.45, 2.75) is 78.0 Å². The molecule has 0 aliphatic carbocycles. The summed E-state index contributed by atoms with van der Waals surface area (Å²) in [6.45, 7) is 9.08. The minimum Gasteiger partial charge on any atom is -0.444 e. The zero-order valence-electron chi connectivity index (χ0n) is 28.2. The van der Waals surface area contributed by atoms with Gasteiger partial charge in [-0.25, -0.2) is 9.78 Å². The lowest BCUT2D eigenvalue weighted by Crippen LogP contribution is -2.52. The summed E-state index contributed by atoms with van der Waals surface area (Å²) >= 11 is 0. The van der Waals surface area contributed by atoms with E-state index in [-0.39, 0.29) is 37.6 Å². The van der Waals surface area contributed by atoms with E-state index in [4.69, 9.17) is 4.74 Å². The van der Waals surface area contributed by atoms with Gasteiger partial charge in [0.1, 0.15) is 23.5 Å². The van der Waals surface area contributed by atoms with Crippen molar-refractivity contribution in [3.05, 3.63) is 76.2 Å². The molecule has 11 nitrogen and oxygen atoms in total. The third-order valence-electron chi connectivity index (χ3n) is 9.14. The van der Waals surface area contributed by atoms with Crippen LogP contribution in [0.5, 0.6) is 0 Å². The van der Waals surface area contributed by atoms with Crippen LogP contribution in [-0.2, 0) is 33.6 Å². The quantitative estimate of drug-likeness (QED) is 0.395. The number of amides is 3. The molecule has 0 unspecified atom stereocenters. The number of hydrogen-bond acceptors (Lipinski definition) is 8. The molecule has 0 spiro atoms. The topological polar surface area (TPSA) is 119 Å². The molecule has 5 heterocycles. The Morgan fingerprint density at radius 3 is 2.51 bits per heavy atom. The fourth-order valence-electron chi connectivity index (χ4n) is 7.09. The van der Waals surface area contributed by atoms with E-state index in [1.165, 1.54) is 16.7 Å². The summed E-state index contributed by atoms with van der Waals surface area (Å²) in [5, 5.41) is 10.2. The van der Waals surface area contributed by atoms with Gasteiger partial charge in [0, 0.05) is 44.4 Å². The first kappa shape index (κ1) is 34.2. The smallest absolute Gasteiger partial charge is 0.416 e. The van der Waals surface area contributed by atoms with Gasteiger partial charge in [-0.1, -0.05) is 12.1 Å². The second kappa shape index (κ2) is 12.3. The molecule has 3 aliphatic heterocycles. The van der Waals surface area contributed by atoms with Gasteiger partial charge >= 0.3 is 12.3 Å². The van der Waals surface area contributed by atoms with Crippen LogP contribution in [0, 0.1) is 19.8 Å². The zero-order chi connectivity index (χ0) is 35.6. The maximum atomic E-state index is 14.2. The van der Waals surface area contributed by atoms with Gasteiger partial charge < -0.3 is 19.6 Å². The second-order valence-corrected chi connectivity index (χ2v) is 13.9. The second-order valence-electron chi connectivity index (χ2n) is 13.9. The van der Waals surface area contributed by atoms with E-state index in [1.54, 1.807) is 40.1 Å². The fourth-order valence-corrected chi connectivity index (χ4v) is 7.09. The molecule has 1 fully saturated rings. The molecule has 1 aromatic carbocycles. The summed E-state index contributed by atoms with van der Waals surface area (Å²) in [6, 6.07) is 7.47. The van der Waals surface area contributed by atoms with Gasteiger partial charge in [0.25, 0.3) is 0 Å². The Morgan fingerprint density at radius 1 is 1.10 bits per heavy atom. The summed E-state index contributed by atoms with van der Waals surface area (Å²) in [5.74, 6) is -1.69. The first-order valence-corrected chi connectivity index (χ1v) is 16.0. The Morgan fingerprint density at radius 2 is 1.84 bits per heavy atom. The summed E-state index contributed by atoms with van der Waals surface area (Å²) in [4.78, 5) is 55.8. The van der Waals surface area contributed by atoms with Gasteiger partial charge in [-0.3, -0.25) is 24.4 Å². The molecular formula is C35H39F3N6O5. The van der Waals surface area contributed by atoms with E-state index in [0.29, 0.717) is 17.9 Å². The van der Waals surface area contributed by atoms with Crippen LogP contribution < -0.4 is 14.7 Å². The Bertz CT molecular complexity index is 1830. The predicted molar refractivity (Wildman–Crippen MR) is 175 cm³/mol. The van der Waals surface area contributed by atoms with Crippen molar-refractivity contribution in [3.63, 3.8) is 0 Å². The van der Waals surface area contributed by atoms with Gasteiger partial charge in [0.2, 0.25) is 11.8 Å². The molecule has 49 heavy (non-hydrogen) atoms. The molecule has 1 N–H and O–H groups in total. The summed E-state index contributed by atoms with van der Waals surface area (Å²) < 4.78 is 46.9. The number of aliphatic hydroxyl groups excluding tert-OH is 1. The molecular weight excluding hydrogens is 641 g/mol. The standard InChI is InChI=1S/C35H39F3N6O5/c1-19-8-7-9-25-30(19)42(15-21-11-22-17-43(33(48)49-34(3,4)5)26(18-45)29(22)39-14-21)16-23-12-28(46)44(31(23)32(47)41(25)6)27-13-24(35(36,37)38)10-20(2)40-27/h7-11,13-14,23,26,31,45H,12,15-18H2,1-6H3/t23-,26+,31+/m1/s1. The number of hydrogen-bond donors (Lipinski definition) is 1. The van der Waals surface area contributed by atoms with E-state index in [0.717, 1.165) is 39.4 Å². The number of benzene rings is 1. The lowest BCUT2D eigenvalue weighted by Gasteiger charge is -2.39. The molecule has 0 saturated carbocycles. The number of pyridine rings is 2. The highest BCUT2D eigenvalue weighted by Crippen LogP contribution is 2.42. The maximum Gasteiger partial charge on any atom is 0.416 e. The number of ether oxygens (including phenoxy) is 1. The van der Waals surface area contributed by atoms with E-state index in [1.807, 2.05) is 25.1 Å². The van der Waals surface area contributed by atoms with Crippen LogP contribution in [0.1, 0.15) is 66.9 Å². The average Bonchev–Trinajstić information content (AvgIpc) is 3.54. The summed E-state index contributed by atoms with van der Waals surface area (Å²) in [6.07, 6.45) is -3.60. The number of nitrogens with zero attached hydrogens (tertiary/aromatic N) is 6. The number of aromatic nitrogens is 2. The van der Waals surface area contributed by atoms with Crippen molar-refractivity contribution < 1.29 is 37.4 Å². The Balaban J connectivity index is 1.36. The van der Waals surface area contributed by atoms with Crippen molar-refractivity contribution in [2.75, 3.05) is 34.9 Å². The number of halogens is 3. The van der Waals surface area contributed by atoms with Crippen LogP contribution in [0.15, 0.2) is 42.6 Å². The highest BCUT2D eigenvalue weighted by Gasteiger charge is 2.49. The van der Waals surface area contributed by atoms with Crippen LogP contribution in [0.2, 0.25) is 0 Å². The molecule has 6 rings (SSSR count). The summed E-state index contributed by atoms with van der Waals surface area (Å²) in [7, 11) is 1.60. The lowest BCUT2D eigenvalue weighted by molar-refractivity contribution is -0.137. The number of para-hydroxylation sites is 1. The minimum absolute atomic E-state index is 0.0651. The maximum absolute atomic E-state index is 14.2. The third kappa shape index (κ3) is 6.41. The van der Waals surface area contributed by atoms with E-state index >= 15 is 0 Å². The van der Waals surface area contributed by atoms with E-state index < -0.39 is 53.2 Å². The number of aryl methyl sites for hydroxylation is 2. The molecule has 3 aliphatic rings. The number of anilines is 3. The van der Waals surface area contributed by atoms with Gasteiger partial charge in [-0.05, 0) is 75.6 Å². The van der Waals surface area contributed by atoms with Crippen molar-refractivity contribution in [1.82, 2.24) is 14.9 Å². The zero-order valence-corrected chi connectivity index (χ0v) is 28.2. The normalized spacial score (nSPS) is 21.0. The molecule has 0 bridgehead atoms. The number of aliphatic hydroxyl groups is 1. The SMILES string of the molecule is Cc1cc(C(F)(F)F)cc(N2C(=O)C[C@@H]3CN(Cc4cnc5c(c4)CN(C(=O)OC(C)(C)C)[C@H]5CO)c4c(C)cccc4N(C)C(=O)[C@H]32)n1. The van der Waals surface area contributed by atoms with Gasteiger partial charge in [-0.15, -0.1) is 0 Å². The molecule has 3 amide bonds. The molecule has 0 radical (unpaired) electrons.